The molecule has 0 saturated heterocycles. The fourth-order valence-corrected chi connectivity index (χ4v) is 9.64. The molecule has 1 aliphatic carbocycles. The van der Waals surface area contributed by atoms with Gasteiger partial charge in [0.1, 0.15) is 11.5 Å². The molecule has 9 aromatic carbocycles. The molecule has 12 rings (SSSR count). The molecular weight excluding hydrogens is 755 g/mol. The molecule has 290 valence electrons. The fourth-order valence-electron chi connectivity index (χ4n) is 9.64. The number of nitrogens with zero attached hydrogens (tertiary/aromatic N) is 3. The third-order valence-electron chi connectivity index (χ3n) is 12.5. The van der Waals surface area contributed by atoms with E-state index < -0.39 is 5.41 Å². The Balaban J connectivity index is 1.05. The first-order valence-corrected chi connectivity index (χ1v) is 21.0. The van der Waals surface area contributed by atoms with Crippen LogP contribution in [0.2, 0.25) is 0 Å². The zero-order valence-corrected chi connectivity index (χ0v) is 33.6. The maximum absolute atomic E-state index is 7.10. The lowest BCUT2D eigenvalue weighted by atomic mass is 9.65. The second kappa shape index (κ2) is 14.5. The summed E-state index contributed by atoms with van der Waals surface area (Å²) in [5, 5.41) is 0. The van der Waals surface area contributed by atoms with Crippen molar-refractivity contribution in [2.24, 2.45) is 0 Å². The number of para-hydroxylation sites is 2. The van der Waals surface area contributed by atoms with Crippen LogP contribution in [0.4, 0.5) is 0 Å². The Morgan fingerprint density at radius 2 is 0.645 bits per heavy atom. The molecule has 0 radical (unpaired) electrons. The Hall–Kier alpha value is -8.21. The lowest BCUT2D eigenvalue weighted by Crippen LogP contribution is -2.32. The molecule has 0 N–H and O–H groups in total. The van der Waals surface area contributed by atoms with Crippen molar-refractivity contribution in [3.05, 3.63) is 247 Å². The first-order valence-electron chi connectivity index (χ1n) is 21.0. The molecule has 2 heterocycles. The third-order valence-corrected chi connectivity index (χ3v) is 12.5. The minimum absolute atomic E-state index is 0.576. The van der Waals surface area contributed by atoms with Gasteiger partial charge in [-0.2, -0.15) is 0 Å². The quantitative estimate of drug-likeness (QED) is 0.168. The van der Waals surface area contributed by atoms with Gasteiger partial charge in [0.2, 0.25) is 0 Å². The van der Waals surface area contributed by atoms with Gasteiger partial charge >= 0.3 is 0 Å². The van der Waals surface area contributed by atoms with Crippen LogP contribution >= 0.6 is 0 Å². The SMILES string of the molecule is c1ccc(-c2ccc(-c3nc(-c4ccc(-c5ccccc5)cc4)nc(-c4ccccc4-c4cccc5c4Oc4ccccc4C54c5ccccc5-c5ccccc54)n3)cc2)cc1. The van der Waals surface area contributed by atoms with Crippen LogP contribution in [0.15, 0.2) is 224 Å². The van der Waals surface area contributed by atoms with Gasteiger partial charge in [-0.25, -0.2) is 15.0 Å². The Kier molecular flexibility index (Phi) is 8.36. The minimum atomic E-state index is -0.576. The molecule has 1 spiro atoms. The lowest BCUT2D eigenvalue weighted by Gasteiger charge is -2.40. The Morgan fingerprint density at radius 1 is 0.258 bits per heavy atom. The summed E-state index contributed by atoms with van der Waals surface area (Å²) in [5.41, 5.74) is 15.9. The van der Waals surface area contributed by atoms with Crippen LogP contribution in [0.5, 0.6) is 11.5 Å². The molecule has 4 heteroatoms. The van der Waals surface area contributed by atoms with Crippen LogP contribution in [-0.4, -0.2) is 15.0 Å². The number of benzene rings is 9. The summed E-state index contributed by atoms with van der Waals surface area (Å²) in [5.74, 6) is 3.46. The van der Waals surface area contributed by atoms with Gasteiger partial charge < -0.3 is 4.74 Å². The van der Waals surface area contributed by atoms with Crippen LogP contribution < -0.4 is 4.74 Å². The van der Waals surface area contributed by atoms with Crippen molar-refractivity contribution in [2.75, 3.05) is 0 Å². The molecule has 0 bridgehead atoms. The first kappa shape index (κ1) is 35.7. The van der Waals surface area contributed by atoms with Gasteiger partial charge in [-0.05, 0) is 56.1 Å². The highest BCUT2D eigenvalue weighted by molar-refractivity contribution is 5.92. The first-order chi connectivity index (χ1) is 30.7. The Labute approximate surface area is 360 Å². The molecule has 1 aromatic heterocycles. The zero-order chi connectivity index (χ0) is 41.0. The molecule has 10 aromatic rings. The average molecular weight is 792 g/mol. The molecule has 62 heavy (non-hydrogen) atoms. The van der Waals surface area contributed by atoms with E-state index in [9.17, 15) is 0 Å². The van der Waals surface area contributed by atoms with Crippen LogP contribution in [0.3, 0.4) is 0 Å². The molecule has 0 atom stereocenters. The number of ether oxygens (including phenoxy) is 1. The van der Waals surface area contributed by atoms with Crippen LogP contribution in [0.25, 0.3) is 78.7 Å². The number of aromatic nitrogens is 3. The van der Waals surface area contributed by atoms with Gasteiger partial charge in [0.05, 0.1) is 5.41 Å². The molecular formula is C58H37N3O. The van der Waals surface area contributed by atoms with Crippen molar-refractivity contribution in [2.45, 2.75) is 5.41 Å². The summed E-state index contributed by atoms with van der Waals surface area (Å²) < 4.78 is 7.10. The van der Waals surface area contributed by atoms with E-state index in [2.05, 4.69) is 212 Å². The van der Waals surface area contributed by atoms with E-state index in [-0.39, 0.29) is 0 Å². The second-order valence-corrected chi connectivity index (χ2v) is 15.9. The fraction of sp³-hybridized carbons (Fsp3) is 0.0172. The van der Waals surface area contributed by atoms with E-state index in [1.807, 2.05) is 12.1 Å². The topological polar surface area (TPSA) is 47.9 Å². The van der Waals surface area contributed by atoms with E-state index in [0.29, 0.717) is 17.5 Å². The van der Waals surface area contributed by atoms with E-state index in [1.165, 1.54) is 22.3 Å². The smallest absolute Gasteiger partial charge is 0.164 e. The number of fused-ring (bicyclic) bond motifs is 9. The maximum Gasteiger partial charge on any atom is 0.164 e. The van der Waals surface area contributed by atoms with Gasteiger partial charge in [-0.15, -0.1) is 0 Å². The van der Waals surface area contributed by atoms with Crippen molar-refractivity contribution >= 4 is 0 Å². The van der Waals surface area contributed by atoms with E-state index in [1.54, 1.807) is 0 Å². The normalized spacial score (nSPS) is 12.8. The molecule has 0 amide bonds. The van der Waals surface area contributed by atoms with Crippen LogP contribution in [0.1, 0.15) is 22.3 Å². The highest BCUT2D eigenvalue weighted by Gasteiger charge is 2.51. The standard InChI is InChI=1S/C58H37N3O/c1-3-16-38(17-4-1)40-30-34-42(35-31-40)55-59-56(43-36-32-41(33-37-43)39-18-5-2-6-19-39)61-57(60-55)48-23-8-7-20-44(48)47-24-15-28-52-54(47)62-53-29-14-13-27-51(53)58(52)49-25-11-9-21-45(49)46-22-10-12-26-50(46)58/h1-37H. The number of hydrogen-bond acceptors (Lipinski definition) is 4. The van der Waals surface area contributed by atoms with Crippen LogP contribution in [-0.2, 0) is 5.41 Å². The van der Waals surface area contributed by atoms with Gasteiger partial charge in [0.15, 0.2) is 17.5 Å². The number of hydrogen-bond donors (Lipinski definition) is 0. The Morgan fingerprint density at radius 3 is 1.21 bits per heavy atom. The van der Waals surface area contributed by atoms with Crippen molar-refractivity contribution < 1.29 is 4.74 Å². The van der Waals surface area contributed by atoms with Crippen molar-refractivity contribution in [3.63, 3.8) is 0 Å². The zero-order valence-electron chi connectivity index (χ0n) is 33.6. The molecule has 1 aliphatic heterocycles. The van der Waals surface area contributed by atoms with E-state index in [4.69, 9.17) is 19.7 Å². The average Bonchev–Trinajstić information content (AvgIpc) is 3.65. The van der Waals surface area contributed by atoms with Crippen molar-refractivity contribution in [1.29, 1.82) is 0 Å². The molecule has 0 fully saturated rings. The monoisotopic (exact) mass is 791 g/mol. The summed E-state index contributed by atoms with van der Waals surface area (Å²) in [4.78, 5) is 15.7. The summed E-state index contributed by atoms with van der Waals surface area (Å²) in [6.45, 7) is 0. The highest BCUT2D eigenvalue weighted by atomic mass is 16.5. The van der Waals surface area contributed by atoms with Crippen molar-refractivity contribution in [3.8, 4) is 90.2 Å². The minimum Gasteiger partial charge on any atom is -0.456 e. The van der Waals surface area contributed by atoms with Gasteiger partial charge in [0, 0.05) is 33.4 Å². The predicted octanol–water partition coefficient (Wildman–Crippen LogP) is 14.3. The molecule has 0 saturated carbocycles. The maximum atomic E-state index is 7.10. The van der Waals surface area contributed by atoms with Crippen molar-refractivity contribution in [1.82, 2.24) is 15.0 Å². The summed E-state index contributed by atoms with van der Waals surface area (Å²) in [6, 6.07) is 78.9. The summed E-state index contributed by atoms with van der Waals surface area (Å²) in [7, 11) is 0. The Bertz CT molecular complexity index is 3160. The van der Waals surface area contributed by atoms with E-state index in [0.717, 1.165) is 72.7 Å². The van der Waals surface area contributed by atoms with Gasteiger partial charge in [-0.1, -0.05) is 218 Å². The molecule has 2 aliphatic rings. The number of rotatable bonds is 6. The van der Waals surface area contributed by atoms with E-state index >= 15 is 0 Å². The third kappa shape index (κ3) is 5.65. The van der Waals surface area contributed by atoms with Gasteiger partial charge in [0.25, 0.3) is 0 Å². The lowest BCUT2D eigenvalue weighted by molar-refractivity contribution is 0.438. The van der Waals surface area contributed by atoms with Crippen LogP contribution in [0, 0.1) is 0 Å². The molecule has 4 nitrogen and oxygen atoms in total. The van der Waals surface area contributed by atoms with Gasteiger partial charge in [-0.3, -0.25) is 0 Å². The molecule has 0 unspecified atom stereocenters. The largest absolute Gasteiger partial charge is 0.456 e. The predicted molar refractivity (Wildman–Crippen MR) is 250 cm³/mol. The summed E-state index contributed by atoms with van der Waals surface area (Å²) >= 11 is 0. The highest BCUT2D eigenvalue weighted by Crippen LogP contribution is 2.63. The second-order valence-electron chi connectivity index (χ2n) is 15.9. The summed E-state index contributed by atoms with van der Waals surface area (Å²) in [6.07, 6.45) is 0.